The van der Waals surface area contributed by atoms with Crippen molar-refractivity contribution in [3.8, 4) is 0 Å². The van der Waals surface area contributed by atoms with Crippen LogP contribution in [-0.4, -0.2) is 50.2 Å². The van der Waals surface area contributed by atoms with Crippen LogP contribution in [0.2, 0.25) is 0 Å². The summed E-state index contributed by atoms with van der Waals surface area (Å²) in [5, 5.41) is 15.0. The summed E-state index contributed by atoms with van der Waals surface area (Å²) in [7, 11) is 0. The predicted molar refractivity (Wildman–Crippen MR) is 102 cm³/mol. The van der Waals surface area contributed by atoms with Crippen molar-refractivity contribution in [1.82, 2.24) is 14.7 Å². The van der Waals surface area contributed by atoms with E-state index in [1.54, 1.807) is 30.3 Å². The van der Waals surface area contributed by atoms with Crippen molar-refractivity contribution in [2.45, 2.75) is 12.6 Å². The van der Waals surface area contributed by atoms with Gasteiger partial charge in [-0.1, -0.05) is 30.3 Å². The van der Waals surface area contributed by atoms with E-state index in [0.717, 1.165) is 9.58 Å². The van der Waals surface area contributed by atoms with Crippen LogP contribution in [0.1, 0.15) is 31.2 Å². The molecule has 0 saturated heterocycles. The summed E-state index contributed by atoms with van der Waals surface area (Å²) in [5.74, 6) is -1.84. The number of aromatic nitrogens is 2. The van der Waals surface area contributed by atoms with Gasteiger partial charge in [0.25, 0.3) is 23.3 Å². The average Bonchev–Trinajstić information content (AvgIpc) is 2.95. The van der Waals surface area contributed by atoms with Gasteiger partial charge in [0.1, 0.15) is 0 Å². The van der Waals surface area contributed by atoms with Crippen LogP contribution in [0.3, 0.4) is 0 Å². The number of aliphatic hydroxyl groups excluding tert-OH is 1. The molecule has 9 nitrogen and oxygen atoms in total. The Bertz CT molecular complexity index is 1200. The first kappa shape index (κ1) is 18.5. The lowest BCUT2D eigenvalue weighted by atomic mass is 10.1. The van der Waals surface area contributed by atoms with Crippen molar-refractivity contribution in [3.05, 3.63) is 75.7 Å². The van der Waals surface area contributed by atoms with E-state index in [0.29, 0.717) is 5.39 Å². The third-order valence-corrected chi connectivity index (χ3v) is 4.76. The summed E-state index contributed by atoms with van der Waals surface area (Å²) in [6.45, 7) is -0.642. The van der Waals surface area contributed by atoms with E-state index >= 15 is 0 Å². The lowest BCUT2D eigenvalue weighted by molar-refractivity contribution is 0.0513. The van der Waals surface area contributed by atoms with Crippen LogP contribution in [0, 0.1) is 0 Å². The summed E-state index contributed by atoms with van der Waals surface area (Å²) in [6, 6.07) is 12.7. The number of nitrogens with two attached hydrogens (primary N) is 1. The number of rotatable bonds is 5. The van der Waals surface area contributed by atoms with Gasteiger partial charge in [-0.05, 0) is 18.2 Å². The third-order valence-electron chi connectivity index (χ3n) is 4.76. The van der Waals surface area contributed by atoms with Crippen molar-refractivity contribution in [3.63, 3.8) is 0 Å². The maximum atomic E-state index is 12.7. The van der Waals surface area contributed by atoms with E-state index in [9.17, 15) is 24.3 Å². The minimum atomic E-state index is -1.27. The molecule has 3 amide bonds. The number of primary amides is 1. The molecule has 29 heavy (non-hydrogen) atoms. The molecule has 3 aromatic rings. The van der Waals surface area contributed by atoms with E-state index in [-0.39, 0.29) is 35.3 Å². The summed E-state index contributed by atoms with van der Waals surface area (Å²) in [5.41, 5.74) is 5.28. The summed E-state index contributed by atoms with van der Waals surface area (Å²) < 4.78 is 0.922. The molecule has 0 fully saturated rings. The molecule has 0 spiro atoms. The minimum absolute atomic E-state index is 0.104. The lowest BCUT2D eigenvalue weighted by Gasteiger charge is -2.19. The van der Waals surface area contributed by atoms with Crippen molar-refractivity contribution in [2.24, 2.45) is 5.73 Å². The molecule has 0 radical (unpaired) electrons. The maximum absolute atomic E-state index is 12.7. The van der Waals surface area contributed by atoms with Gasteiger partial charge in [0.15, 0.2) is 5.69 Å². The predicted octanol–water partition coefficient (Wildman–Crippen LogP) is 0.153. The number of fused-ring (bicyclic) bond motifs is 2. The highest BCUT2D eigenvalue weighted by Crippen LogP contribution is 2.22. The van der Waals surface area contributed by atoms with Gasteiger partial charge in [0.2, 0.25) is 0 Å². The Morgan fingerprint density at radius 2 is 1.48 bits per heavy atom. The Morgan fingerprint density at radius 1 is 0.931 bits per heavy atom. The molecule has 1 unspecified atom stereocenters. The number of amides is 3. The minimum Gasteiger partial charge on any atom is -0.389 e. The number of aliphatic hydroxyl groups is 1. The molecule has 1 aromatic heterocycles. The fraction of sp³-hybridized carbons (Fsp3) is 0.150. The van der Waals surface area contributed by atoms with Crippen LogP contribution in [0.5, 0.6) is 0 Å². The third kappa shape index (κ3) is 3.07. The first-order valence-corrected chi connectivity index (χ1v) is 8.81. The Labute approximate surface area is 164 Å². The van der Waals surface area contributed by atoms with E-state index in [2.05, 4.69) is 5.10 Å². The normalized spacial score (nSPS) is 14.3. The Kier molecular flexibility index (Phi) is 4.44. The van der Waals surface area contributed by atoms with E-state index in [1.165, 1.54) is 18.2 Å². The molecule has 4 rings (SSSR count). The van der Waals surface area contributed by atoms with E-state index in [4.69, 9.17) is 5.73 Å². The summed E-state index contributed by atoms with van der Waals surface area (Å²) in [6.07, 6.45) is -1.27. The van der Waals surface area contributed by atoms with Crippen LogP contribution in [-0.2, 0) is 6.54 Å². The molecular weight excluding hydrogens is 376 g/mol. The van der Waals surface area contributed by atoms with Gasteiger partial charge in [-0.15, -0.1) is 0 Å². The number of β-amino-alcohol motifs (C(OH)–C–C–N with tert-alkyl or cyclic N) is 1. The Balaban J connectivity index is 1.62. The highest BCUT2D eigenvalue weighted by atomic mass is 16.3. The van der Waals surface area contributed by atoms with Crippen LogP contribution < -0.4 is 11.3 Å². The number of hydrogen-bond acceptors (Lipinski definition) is 6. The second kappa shape index (κ2) is 6.95. The van der Waals surface area contributed by atoms with Crippen molar-refractivity contribution in [2.75, 3.05) is 6.54 Å². The average molecular weight is 392 g/mol. The SMILES string of the molecule is NC(=O)c1nn(CC(O)CN2C(=O)c3ccccc3C2=O)c(=O)c2ccccc12. The van der Waals surface area contributed by atoms with E-state index < -0.39 is 29.4 Å². The largest absolute Gasteiger partial charge is 0.389 e. The fourth-order valence-corrected chi connectivity index (χ4v) is 3.41. The molecule has 0 aliphatic carbocycles. The van der Waals surface area contributed by atoms with Crippen molar-refractivity contribution < 1.29 is 19.5 Å². The van der Waals surface area contributed by atoms with Crippen LogP contribution in [0.4, 0.5) is 0 Å². The lowest BCUT2D eigenvalue weighted by Crippen LogP contribution is -2.40. The van der Waals surface area contributed by atoms with Gasteiger partial charge in [-0.3, -0.25) is 24.1 Å². The number of nitrogens with zero attached hydrogens (tertiary/aromatic N) is 3. The molecule has 1 aliphatic rings. The van der Waals surface area contributed by atoms with Gasteiger partial charge in [-0.25, -0.2) is 4.68 Å². The monoisotopic (exact) mass is 392 g/mol. The fourth-order valence-electron chi connectivity index (χ4n) is 3.41. The molecule has 0 bridgehead atoms. The second-order valence-electron chi connectivity index (χ2n) is 6.67. The number of carbonyl (C=O) groups excluding carboxylic acids is 3. The molecule has 1 aliphatic heterocycles. The molecule has 146 valence electrons. The maximum Gasteiger partial charge on any atom is 0.274 e. The van der Waals surface area contributed by atoms with Gasteiger partial charge in [0.05, 0.1) is 35.7 Å². The van der Waals surface area contributed by atoms with Crippen LogP contribution >= 0.6 is 0 Å². The topological polar surface area (TPSA) is 136 Å². The summed E-state index contributed by atoms with van der Waals surface area (Å²) in [4.78, 5) is 50.2. The molecule has 9 heteroatoms. The first-order chi connectivity index (χ1) is 13.9. The van der Waals surface area contributed by atoms with Crippen molar-refractivity contribution >= 4 is 28.5 Å². The number of imide groups is 1. The van der Waals surface area contributed by atoms with Crippen molar-refractivity contribution in [1.29, 1.82) is 0 Å². The zero-order chi connectivity index (χ0) is 20.7. The van der Waals surface area contributed by atoms with Gasteiger partial charge in [-0.2, -0.15) is 5.10 Å². The van der Waals surface area contributed by atoms with E-state index in [1.807, 2.05) is 0 Å². The zero-order valence-electron chi connectivity index (χ0n) is 15.1. The Morgan fingerprint density at radius 3 is 2.07 bits per heavy atom. The molecule has 2 heterocycles. The van der Waals surface area contributed by atoms with Gasteiger partial charge >= 0.3 is 0 Å². The standard InChI is InChI=1S/C20H16N4O5/c21-17(26)16-12-5-1-2-6-13(12)20(29)24(22-16)10-11(25)9-23-18(27)14-7-3-4-8-15(14)19(23)28/h1-8,11,25H,9-10H2,(H2,21,26). The molecular formula is C20H16N4O5. The zero-order valence-corrected chi connectivity index (χ0v) is 15.1. The number of carbonyl (C=O) groups is 3. The Hall–Kier alpha value is -3.85. The number of benzene rings is 2. The molecule has 0 saturated carbocycles. The highest BCUT2D eigenvalue weighted by Gasteiger charge is 2.36. The van der Waals surface area contributed by atoms with Crippen LogP contribution in [0.25, 0.3) is 10.8 Å². The molecule has 1 atom stereocenters. The second-order valence-corrected chi connectivity index (χ2v) is 6.67. The first-order valence-electron chi connectivity index (χ1n) is 8.81. The number of hydrogen-bond donors (Lipinski definition) is 2. The molecule has 3 N–H and O–H groups in total. The molecule has 2 aromatic carbocycles. The van der Waals surface area contributed by atoms with Gasteiger partial charge < -0.3 is 10.8 Å². The smallest absolute Gasteiger partial charge is 0.274 e. The van der Waals surface area contributed by atoms with Gasteiger partial charge in [0, 0.05) is 5.39 Å². The van der Waals surface area contributed by atoms with Crippen LogP contribution in [0.15, 0.2) is 53.3 Å². The summed E-state index contributed by atoms with van der Waals surface area (Å²) >= 11 is 0. The highest BCUT2D eigenvalue weighted by molar-refractivity contribution is 6.21. The quantitative estimate of drug-likeness (QED) is 0.594.